The molecule has 1 aromatic rings. The molecule has 1 aromatic heterocycles. The summed E-state index contributed by atoms with van der Waals surface area (Å²) in [7, 11) is 0. The number of pyridine rings is 1. The van der Waals surface area contributed by atoms with Gasteiger partial charge in [0.1, 0.15) is 0 Å². The van der Waals surface area contributed by atoms with Crippen molar-refractivity contribution in [3.8, 4) is 0 Å². The van der Waals surface area contributed by atoms with Crippen LogP contribution >= 0.6 is 0 Å². The molecule has 2 nitrogen and oxygen atoms in total. The van der Waals surface area contributed by atoms with Gasteiger partial charge in [-0.05, 0) is 48.8 Å². The van der Waals surface area contributed by atoms with Crippen LogP contribution in [0.2, 0.25) is 0 Å². The summed E-state index contributed by atoms with van der Waals surface area (Å²) in [5.41, 5.74) is 1.80. The van der Waals surface area contributed by atoms with E-state index in [1.165, 1.54) is 31.2 Å². The summed E-state index contributed by atoms with van der Waals surface area (Å²) in [5, 5.41) is 3.74. The second kappa shape index (κ2) is 5.83. The van der Waals surface area contributed by atoms with Crippen molar-refractivity contribution in [1.82, 2.24) is 10.3 Å². The van der Waals surface area contributed by atoms with Crippen molar-refractivity contribution < 1.29 is 0 Å². The molecule has 18 heavy (non-hydrogen) atoms. The number of nitrogens with one attached hydrogen (secondary N) is 1. The second-order valence-corrected chi connectivity index (χ2v) is 6.21. The molecule has 0 spiro atoms. The Morgan fingerprint density at radius 3 is 2.89 bits per heavy atom. The number of nitrogens with zero attached hydrogens (tertiary/aromatic N) is 1. The fourth-order valence-electron chi connectivity index (χ4n) is 3.32. The van der Waals surface area contributed by atoms with Crippen LogP contribution in [0.4, 0.5) is 0 Å². The predicted octanol–water partition coefficient (Wildman–Crippen LogP) is 3.95. The molecule has 2 rings (SSSR count). The average molecular weight is 246 g/mol. The van der Waals surface area contributed by atoms with Gasteiger partial charge < -0.3 is 5.32 Å². The van der Waals surface area contributed by atoms with E-state index in [9.17, 15) is 0 Å². The van der Waals surface area contributed by atoms with Gasteiger partial charge >= 0.3 is 0 Å². The highest BCUT2D eigenvalue weighted by atomic mass is 14.9. The Bertz CT molecular complexity index is 359. The van der Waals surface area contributed by atoms with Crippen LogP contribution < -0.4 is 5.32 Å². The summed E-state index contributed by atoms with van der Waals surface area (Å²) >= 11 is 0. The maximum Gasteiger partial charge on any atom is 0.0369 e. The van der Waals surface area contributed by atoms with E-state index >= 15 is 0 Å². The number of hydrogen-bond acceptors (Lipinski definition) is 2. The van der Waals surface area contributed by atoms with E-state index in [2.05, 4.69) is 43.2 Å². The van der Waals surface area contributed by atoms with Crippen molar-refractivity contribution in [1.29, 1.82) is 0 Å². The molecule has 1 aliphatic carbocycles. The largest absolute Gasteiger partial charge is 0.310 e. The molecule has 0 amide bonds. The highest BCUT2D eigenvalue weighted by molar-refractivity contribution is 5.16. The molecule has 0 aliphatic heterocycles. The first-order valence-corrected chi connectivity index (χ1v) is 7.28. The fraction of sp³-hybridized carbons (Fsp3) is 0.688. The van der Waals surface area contributed by atoms with Crippen LogP contribution in [0.25, 0.3) is 0 Å². The summed E-state index contributed by atoms with van der Waals surface area (Å²) in [6, 6.07) is 4.74. The van der Waals surface area contributed by atoms with Crippen LogP contribution in [0.3, 0.4) is 0 Å². The third-order valence-corrected chi connectivity index (χ3v) is 4.40. The minimum atomic E-state index is 0.446. The molecule has 1 fully saturated rings. The number of hydrogen-bond donors (Lipinski definition) is 1. The standard InChI is InChI=1S/C16H26N2/c1-4-10-18-15(13-7-6-11-17-12-13)14-8-5-9-16(14,2)3/h6-7,11-12,14-15,18H,4-5,8-10H2,1-3H3. The molecule has 0 bridgehead atoms. The maximum absolute atomic E-state index is 4.29. The van der Waals surface area contributed by atoms with Gasteiger partial charge in [0.2, 0.25) is 0 Å². The molecule has 1 N–H and O–H groups in total. The van der Waals surface area contributed by atoms with E-state index in [1.807, 2.05) is 12.4 Å². The quantitative estimate of drug-likeness (QED) is 0.851. The summed E-state index contributed by atoms with van der Waals surface area (Å²) in [4.78, 5) is 4.29. The second-order valence-electron chi connectivity index (χ2n) is 6.21. The first-order valence-electron chi connectivity index (χ1n) is 7.28. The lowest BCUT2D eigenvalue weighted by Gasteiger charge is -2.35. The van der Waals surface area contributed by atoms with Crippen molar-refractivity contribution in [2.24, 2.45) is 11.3 Å². The van der Waals surface area contributed by atoms with E-state index in [0.29, 0.717) is 11.5 Å². The first-order chi connectivity index (χ1) is 8.65. The Balaban J connectivity index is 2.20. The normalized spacial score (nSPS) is 24.1. The van der Waals surface area contributed by atoms with E-state index in [1.54, 1.807) is 0 Å². The molecule has 100 valence electrons. The maximum atomic E-state index is 4.29. The molecule has 2 atom stereocenters. The summed E-state index contributed by atoms with van der Waals surface area (Å²) in [6.07, 6.45) is 9.12. The van der Waals surface area contributed by atoms with Crippen molar-refractivity contribution in [3.05, 3.63) is 30.1 Å². The highest BCUT2D eigenvalue weighted by Gasteiger charge is 2.39. The van der Waals surface area contributed by atoms with Crippen molar-refractivity contribution in [2.45, 2.75) is 52.5 Å². The van der Waals surface area contributed by atoms with Gasteiger partial charge in [-0.2, -0.15) is 0 Å². The SMILES string of the molecule is CCCNC(c1cccnc1)C1CCCC1(C)C. The van der Waals surface area contributed by atoms with Crippen LogP contribution in [0.5, 0.6) is 0 Å². The Morgan fingerprint density at radius 2 is 2.33 bits per heavy atom. The molecule has 2 heteroatoms. The lowest BCUT2D eigenvalue weighted by Crippen LogP contribution is -2.34. The van der Waals surface area contributed by atoms with Crippen LogP contribution in [-0.4, -0.2) is 11.5 Å². The fourth-order valence-corrected chi connectivity index (χ4v) is 3.32. The smallest absolute Gasteiger partial charge is 0.0369 e. The summed E-state index contributed by atoms with van der Waals surface area (Å²) in [6.45, 7) is 8.16. The molecule has 0 radical (unpaired) electrons. The third kappa shape index (κ3) is 2.92. The van der Waals surface area contributed by atoms with E-state index < -0.39 is 0 Å². The predicted molar refractivity (Wildman–Crippen MR) is 76.4 cm³/mol. The molecule has 1 saturated carbocycles. The molecule has 2 unspecified atom stereocenters. The van der Waals surface area contributed by atoms with Crippen molar-refractivity contribution >= 4 is 0 Å². The Kier molecular flexibility index (Phi) is 4.39. The van der Waals surface area contributed by atoms with Crippen LogP contribution in [0.1, 0.15) is 58.1 Å². The van der Waals surface area contributed by atoms with Crippen LogP contribution in [-0.2, 0) is 0 Å². The average Bonchev–Trinajstić information content (AvgIpc) is 2.71. The van der Waals surface area contributed by atoms with Crippen LogP contribution in [0, 0.1) is 11.3 Å². The molecule has 1 heterocycles. The van der Waals surface area contributed by atoms with E-state index in [0.717, 1.165) is 12.5 Å². The first kappa shape index (κ1) is 13.5. The zero-order chi connectivity index (χ0) is 13.0. The van der Waals surface area contributed by atoms with Crippen molar-refractivity contribution in [2.75, 3.05) is 6.54 Å². The lowest BCUT2D eigenvalue weighted by molar-refractivity contribution is 0.197. The third-order valence-electron chi connectivity index (χ3n) is 4.40. The Labute approximate surface area is 111 Å². The summed E-state index contributed by atoms with van der Waals surface area (Å²) < 4.78 is 0. The molecular weight excluding hydrogens is 220 g/mol. The van der Waals surface area contributed by atoms with E-state index in [4.69, 9.17) is 0 Å². The van der Waals surface area contributed by atoms with Gasteiger partial charge in [-0.15, -0.1) is 0 Å². The minimum Gasteiger partial charge on any atom is -0.310 e. The van der Waals surface area contributed by atoms with Gasteiger partial charge in [-0.1, -0.05) is 33.3 Å². The zero-order valence-electron chi connectivity index (χ0n) is 11.9. The van der Waals surface area contributed by atoms with Gasteiger partial charge in [-0.3, -0.25) is 4.98 Å². The number of rotatable bonds is 5. The zero-order valence-corrected chi connectivity index (χ0v) is 11.9. The van der Waals surface area contributed by atoms with Crippen molar-refractivity contribution in [3.63, 3.8) is 0 Å². The van der Waals surface area contributed by atoms with Gasteiger partial charge in [0.25, 0.3) is 0 Å². The van der Waals surface area contributed by atoms with Gasteiger partial charge in [-0.25, -0.2) is 0 Å². The highest BCUT2D eigenvalue weighted by Crippen LogP contribution is 2.48. The topological polar surface area (TPSA) is 24.9 Å². The van der Waals surface area contributed by atoms with Gasteiger partial charge in [0.15, 0.2) is 0 Å². The summed E-state index contributed by atoms with van der Waals surface area (Å²) in [5.74, 6) is 0.730. The Morgan fingerprint density at radius 1 is 1.50 bits per heavy atom. The minimum absolute atomic E-state index is 0.446. The van der Waals surface area contributed by atoms with E-state index in [-0.39, 0.29) is 0 Å². The van der Waals surface area contributed by atoms with Gasteiger partial charge in [0, 0.05) is 18.4 Å². The molecule has 0 saturated heterocycles. The Hall–Kier alpha value is -0.890. The van der Waals surface area contributed by atoms with Gasteiger partial charge in [0.05, 0.1) is 0 Å². The number of aromatic nitrogens is 1. The molecule has 0 aromatic carbocycles. The molecule has 1 aliphatic rings. The monoisotopic (exact) mass is 246 g/mol. The lowest BCUT2D eigenvalue weighted by atomic mass is 9.75. The van der Waals surface area contributed by atoms with Crippen LogP contribution in [0.15, 0.2) is 24.5 Å². The molecular formula is C16H26N2.